The summed E-state index contributed by atoms with van der Waals surface area (Å²) in [6.07, 6.45) is 1.66. The minimum atomic E-state index is -0.121. The quantitative estimate of drug-likeness (QED) is 0.856. The van der Waals surface area contributed by atoms with Crippen LogP contribution in [0.25, 0.3) is 0 Å². The number of amides is 2. The maximum atomic E-state index is 11.9. The zero-order chi connectivity index (χ0) is 14.7. The maximum Gasteiger partial charge on any atom is 0.265 e. The summed E-state index contributed by atoms with van der Waals surface area (Å²) < 4.78 is 5.38. The summed E-state index contributed by atoms with van der Waals surface area (Å²) in [5.41, 5.74) is 1.30. The minimum Gasteiger partial charge on any atom is -0.482 e. The van der Waals surface area contributed by atoms with Crippen molar-refractivity contribution in [3.05, 3.63) is 30.9 Å². The third-order valence-electron chi connectivity index (χ3n) is 3.01. The lowest BCUT2D eigenvalue weighted by molar-refractivity contribution is -0.121. The van der Waals surface area contributed by atoms with Gasteiger partial charge in [0.1, 0.15) is 5.75 Å². The molecule has 0 saturated carbocycles. The fourth-order valence-corrected chi connectivity index (χ4v) is 1.90. The Labute approximate surface area is 118 Å². The molecule has 0 aliphatic carbocycles. The van der Waals surface area contributed by atoms with Gasteiger partial charge >= 0.3 is 0 Å². The fourth-order valence-electron chi connectivity index (χ4n) is 1.90. The molecule has 0 spiro atoms. The van der Waals surface area contributed by atoms with Crippen LogP contribution in [0.4, 0.5) is 11.4 Å². The lowest BCUT2D eigenvalue weighted by Gasteiger charge is -2.29. The minimum absolute atomic E-state index is 0.0263. The Hall–Kier alpha value is -2.30. The molecule has 20 heavy (non-hydrogen) atoms. The molecule has 2 amide bonds. The van der Waals surface area contributed by atoms with E-state index < -0.39 is 0 Å². The van der Waals surface area contributed by atoms with Crippen LogP contribution >= 0.6 is 0 Å². The zero-order valence-electron chi connectivity index (χ0n) is 11.7. The number of nitrogens with one attached hydrogen (secondary N) is 1. The molecule has 0 aromatic heterocycles. The second-order valence-electron chi connectivity index (χ2n) is 4.91. The van der Waals surface area contributed by atoms with E-state index in [2.05, 4.69) is 11.9 Å². The van der Waals surface area contributed by atoms with Crippen LogP contribution < -0.4 is 15.0 Å². The standard InChI is InChI=1S/C15H18N2O3/c1-4-7-17-12-8-11(16-15(19)10(2)3)5-6-13(12)20-9-14(17)18/h4-6,8,10H,1,7,9H2,2-3H3,(H,16,19). The van der Waals surface area contributed by atoms with Gasteiger partial charge in [0.2, 0.25) is 5.91 Å². The molecule has 1 N–H and O–H groups in total. The number of anilines is 2. The molecule has 1 heterocycles. The summed E-state index contributed by atoms with van der Waals surface area (Å²) in [4.78, 5) is 25.2. The van der Waals surface area contributed by atoms with Crippen LogP contribution in [0, 0.1) is 5.92 Å². The molecule has 0 fully saturated rings. The Balaban J connectivity index is 2.30. The van der Waals surface area contributed by atoms with Crippen LogP contribution in [0.2, 0.25) is 0 Å². The molecule has 1 aliphatic heterocycles. The van der Waals surface area contributed by atoms with Crippen molar-refractivity contribution in [1.29, 1.82) is 0 Å². The fraction of sp³-hybridized carbons (Fsp3) is 0.333. The van der Waals surface area contributed by atoms with Crippen LogP contribution in [0.5, 0.6) is 5.75 Å². The van der Waals surface area contributed by atoms with Crippen molar-refractivity contribution < 1.29 is 14.3 Å². The highest BCUT2D eigenvalue weighted by Gasteiger charge is 2.25. The Morgan fingerprint density at radius 3 is 2.95 bits per heavy atom. The van der Waals surface area contributed by atoms with E-state index in [9.17, 15) is 9.59 Å². The molecule has 5 nitrogen and oxygen atoms in total. The smallest absolute Gasteiger partial charge is 0.265 e. The van der Waals surface area contributed by atoms with Crippen molar-refractivity contribution in [2.45, 2.75) is 13.8 Å². The van der Waals surface area contributed by atoms with Gasteiger partial charge in [-0.1, -0.05) is 19.9 Å². The van der Waals surface area contributed by atoms with Gasteiger partial charge in [-0.15, -0.1) is 6.58 Å². The molecule has 0 saturated heterocycles. The number of benzene rings is 1. The van der Waals surface area contributed by atoms with Crippen molar-refractivity contribution in [2.75, 3.05) is 23.4 Å². The van der Waals surface area contributed by atoms with Crippen molar-refractivity contribution >= 4 is 23.2 Å². The van der Waals surface area contributed by atoms with Gasteiger partial charge in [0, 0.05) is 18.2 Å². The molecule has 1 aromatic rings. The number of ether oxygens (including phenoxy) is 1. The molecular weight excluding hydrogens is 256 g/mol. The highest BCUT2D eigenvalue weighted by molar-refractivity contribution is 6.00. The summed E-state index contributed by atoms with van der Waals surface area (Å²) in [6.45, 7) is 7.74. The Morgan fingerprint density at radius 2 is 2.30 bits per heavy atom. The van der Waals surface area contributed by atoms with Crippen molar-refractivity contribution in [3.63, 3.8) is 0 Å². The average Bonchev–Trinajstić information content (AvgIpc) is 2.42. The SMILES string of the molecule is C=CCN1C(=O)COc2ccc(NC(=O)C(C)C)cc21. The van der Waals surface area contributed by atoms with Gasteiger partial charge in [-0.25, -0.2) is 0 Å². The highest BCUT2D eigenvalue weighted by atomic mass is 16.5. The maximum absolute atomic E-state index is 11.9. The first-order chi connectivity index (χ1) is 9.52. The molecule has 0 atom stereocenters. The van der Waals surface area contributed by atoms with Crippen LogP contribution in [0.1, 0.15) is 13.8 Å². The molecule has 1 aliphatic rings. The van der Waals surface area contributed by atoms with Gasteiger partial charge < -0.3 is 15.0 Å². The van der Waals surface area contributed by atoms with Gasteiger partial charge in [-0.05, 0) is 18.2 Å². The number of rotatable bonds is 4. The average molecular weight is 274 g/mol. The van der Waals surface area contributed by atoms with E-state index in [1.54, 1.807) is 29.2 Å². The van der Waals surface area contributed by atoms with Crippen LogP contribution in [-0.2, 0) is 9.59 Å². The topological polar surface area (TPSA) is 58.6 Å². The molecule has 106 valence electrons. The summed E-state index contributed by atoms with van der Waals surface area (Å²) in [7, 11) is 0. The van der Waals surface area contributed by atoms with E-state index in [0.29, 0.717) is 23.7 Å². The number of nitrogens with zero attached hydrogens (tertiary/aromatic N) is 1. The van der Waals surface area contributed by atoms with E-state index in [4.69, 9.17) is 4.74 Å². The van der Waals surface area contributed by atoms with Gasteiger partial charge in [-0.2, -0.15) is 0 Å². The van der Waals surface area contributed by atoms with Crippen molar-refractivity contribution in [1.82, 2.24) is 0 Å². The number of hydrogen-bond donors (Lipinski definition) is 1. The molecular formula is C15H18N2O3. The number of carbonyl (C=O) groups is 2. The summed E-state index contributed by atoms with van der Waals surface area (Å²) in [6, 6.07) is 5.27. The van der Waals surface area contributed by atoms with Crippen LogP contribution in [0.3, 0.4) is 0 Å². The Kier molecular flexibility index (Phi) is 4.08. The lowest BCUT2D eigenvalue weighted by Crippen LogP contribution is -2.38. The molecule has 2 rings (SSSR count). The monoisotopic (exact) mass is 274 g/mol. The van der Waals surface area contributed by atoms with Gasteiger partial charge in [0.05, 0.1) is 5.69 Å². The van der Waals surface area contributed by atoms with Crippen molar-refractivity contribution in [3.8, 4) is 5.75 Å². The third kappa shape index (κ3) is 2.82. The normalized spacial score (nSPS) is 13.8. The Bertz CT molecular complexity index is 552. The van der Waals surface area contributed by atoms with E-state index >= 15 is 0 Å². The molecule has 0 bridgehead atoms. The summed E-state index contributed by atoms with van der Waals surface area (Å²) in [5.74, 6) is 0.343. The predicted molar refractivity (Wildman–Crippen MR) is 78.0 cm³/mol. The van der Waals surface area contributed by atoms with Crippen LogP contribution in [-0.4, -0.2) is 25.0 Å². The van der Waals surface area contributed by atoms with E-state index in [1.165, 1.54) is 0 Å². The second kappa shape index (κ2) is 5.77. The van der Waals surface area contributed by atoms with Crippen molar-refractivity contribution in [2.24, 2.45) is 5.92 Å². The first kappa shape index (κ1) is 14.1. The van der Waals surface area contributed by atoms with Gasteiger partial charge in [0.25, 0.3) is 5.91 Å². The van der Waals surface area contributed by atoms with Crippen LogP contribution in [0.15, 0.2) is 30.9 Å². The Morgan fingerprint density at radius 1 is 1.55 bits per heavy atom. The van der Waals surface area contributed by atoms with Gasteiger partial charge in [0.15, 0.2) is 6.61 Å². The van der Waals surface area contributed by atoms with E-state index in [0.717, 1.165) is 0 Å². The lowest BCUT2D eigenvalue weighted by atomic mass is 10.1. The second-order valence-corrected chi connectivity index (χ2v) is 4.91. The van der Waals surface area contributed by atoms with Gasteiger partial charge in [-0.3, -0.25) is 9.59 Å². The first-order valence-corrected chi connectivity index (χ1v) is 6.52. The molecule has 5 heteroatoms. The molecule has 0 radical (unpaired) electrons. The summed E-state index contributed by atoms with van der Waals surface area (Å²) >= 11 is 0. The number of carbonyl (C=O) groups excluding carboxylic acids is 2. The van der Waals surface area contributed by atoms with E-state index in [-0.39, 0.29) is 24.3 Å². The molecule has 0 unspecified atom stereocenters. The zero-order valence-corrected chi connectivity index (χ0v) is 11.7. The predicted octanol–water partition coefficient (Wildman–Crippen LogP) is 2.19. The largest absolute Gasteiger partial charge is 0.482 e. The van der Waals surface area contributed by atoms with E-state index in [1.807, 2.05) is 13.8 Å². The number of hydrogen-bond acceptors (Lipinski definition) is 3. The third-order valence-corrected chi connectivity index (χ3v) is 3.01. The summed E-state index contributed by atoms with van der Waals surface area (Å²) in [5, 5.41) is 2.81. The number of fused-ring (bicyclic) bond motifs is 1. The highest BCUT2D eigenvalue weighted by Crippen LogP contribution is 2.34. The first-order valence-electron chi connectivity index (χ1n) is 6.52. The molecule has 1 aromatic carbocycles.